The molecule has 186 valence electrons. The van der Waals surface area contributed by atoms with Gasteiger partial charge in [0, 0.05) is 12.6 Å². The molecule has 0 saturated heterocycles. The minimum atomic E-state index is -0.463. The zero-order valence-electron chi connectivity index (χ0n) is 20.3. The van der Waals surface area contributed by atoms with Crippen LogP contribution in [0.1, 0.15) is 44.8 Å². The average Bonchev–Trinajstić information content (AvgIpc) is 3.40. The van der Waals surface area contributed by atoms with Crippen molar-refractivity contribution < 1.29 is 18.7 Å². The molecule has 0 fully saturated rings. The predicted octanol–water partition coefficient (Wildman–Crippen LogP) is 4.69. The summed E-state index contributed by atoms with van der Waals surface area (Å²) in [5.74, 6) is 1.50. The van der Waals surface area contributed by atoms with Crippen molar-refractivity contribution in [3.63, 3.8) is 0 Å². The third kappa shape index (κ3) is 5.90. The molecule has 0 aliphatic heterocycles. The quantitative estimate of drug-likeness (QED) is 0.247. The Balaban J connectivity index is 1.64. The van der Waals surface area contributed by atoms with Crippen LogP contribution in [0.15, 0.2) is 56.5 Å². The van der Waals surface area contributed by atoms with E-state index in [1.807, 2.05) is 6.07 Å². The van der Waals surface area contributed by atoms with E-state index in [0.29, 0.717) is 46.4 Å². The first-order valence-electron chi connectivity index (χ1n) is 11.8. The van der Waals surface area contributed by atoms with Gasteiger partial charge in [0.05, 0.1) is 43.2 Å². The maximum Gasteiger partial charge on any atom is 0.262 e. The molecular formula is C26H31N3O5S. The van der Waals surface area contributed by atoms with Crippen LogP contribution in [0.4, 0.5) is 0 Å². The molecule has 35 heavy (non-hydrogen) atoms. The van der Waals surface area contributed by atoms with Gasteiger partial charge in [-0.25, -0.2) is 4.98 Å². The third-order valence-electron chi connectivity index (χ3n) is 6.13. The summed E-state index contributed by atoms with van der Waals surface area (Å²) >= 11 is 1.27. The second kappa shape index (κ2) is 11.5. The smallest absolute Gasteiger partial charge is 0.262 e. The van der Waals surface area contributed by atoms with Crippen molar-refractivity contribution >= 4 is 28.6 Å². The third-order valence-corrected chi connectivity index (χ3v) is 7.22. The lowest BCUT2D eigenvalue weighted by molar-refractivity contribution is -0.120. The Labute approximate surface area is 208 Å². The highest BCUT2D eigenvalue weighted by atomic mass is 32.2. The second-order valence-corrected chi connectivity index (χ2v) is 9.80. The van der Waals surface area contributed by atoms with E-state index < -0.39 is 5.25 Å². The van der Waals surface area contributed by atoms with Gasteiger partial charge in [-0.05, 0) is 57.2 Å². The van der Waals surface area contributed by atoms with E-state index in [2.05, 4.69) is 11.4 Å². The lowest BCUT2D eigenvalue weighted by Gasteiger charge is -2.18. The summed E-state index contributed by atoms with van der Waals surface area (Å²) in [6.07, 6.45) is 9.20. The number of hydrogen-bond acceptors (Lipinski definition) is 7. The molecule has 0 spiro atoms. The van der Waals surface area contributed by atoms with E-state index in [1.165, 1.54) is 30.2 Å². The van der Waals surface area contributed by atoms with Crippen LogP contribution in [0, 0.1) is 0 Å². The number of ether oxygens (including phenoxy) is 2. The highest BCUT2D eigenvalue weighted by Gasteiger charge is 2.21. The van der Waals surface area contributed by atoms with Crippen molar-refractivity contribution in [3.8, 4) is 11.5 Å². The predicted molar refractivity (Wildman–Crippen MR) is 136 cm³/mol. The number of carbonyl (C=O) groups is 1. The van der Waals surface area contributed by atoms with Crippen LogP contribution in [-0.4, -0.2) is 34.9 Å². The topological polar surface area (TPSA) is 95.6 Å². The van der Waals surface area contributed by atoms with Crippen LogP contribution in [0.5, 0.6) is 11.5 Å². The molecule has 0 saturated carbocycles. The van der Waals surface area contributed by atoms with Gasteiger partial charge in [-0.3, -0.25) is 14.2 Å². The first-order chi connectivity index (χ1) is 17.0. The van der Waals surface area contributed by atoms with Crippen LogP contribution >= 0.6 is 11.8 Å². The molecule has 1 atom stereocenters. The number of hydrogen-bond donors (Lipinski definition) is 1. The monoisotopic (exact) mass is 497 g/mol. The molecule has 9 heteroatoms. The Morgan fingerprint density at radius 3 is 2.74 bits per heavy atom. The van der Waals surface area contributed by atoms with E-state index in [1.54, 1.807) is 50.2 Å². The van der Waals surface area contributed by atoms with Crippen molar-refractivity contribution in [1.82, 2.24) is 14.9 Å². The fourth-order valence-corrected chi connectivity index (χ4v) is 5.10. The number of benzene rings is 1. The standard InChI is InChI=1S/C26H31N3O5S/c1-17(24(30)27-16-19-10-7-13-34-19)35-26-28-21-15-23(33-3)22(32-2)14-20(21)25(31)29(26)12-11-18-8-5-4-6-9-18/h7-8,10,13-15,17H,4-6,9,11-12,16H2,1-3H3,(H,27,30). The van der Waals surface area contributed by atoms with E-state index in [0.717, 1.165) is 19.3 Å². The molecule has 1 N–H and O–H groups in total. The molecule has 3 aromatic rings. The Morgan fingerprint density at radius 1 is 1.26 bits per heavy atom. The Hall–Kier alpha value is -3.20. The van der Waals surface area contributed by atoms with Crippen LogP contribution < -0.4 is 20.3 Å². The molecule has 1 aliphatic carbocycles. The molecule has 4 rings (SSSR count). The van der Waals surface area contributed by atoms with Crippen LogP contribution in [0.3, 0.4) is 0 Å². The van der Waals surface area contributed by atoms with Crippen LogP contribution in [-0.2, 0) is 17.9 Å². The summed E-state index contributed by atoms with van der Waals surface area (Å²) in [6, 6.07) is 6.97. The number of allylic oxidation sites excluding steroid dienone is 2. The lowest BCUT2D eigenvalue weighted by atomic mass is 9.97. The zero-order chi connectivity index (χ0) is 24.8. The molecule has 0 bridgehead atoms. The second-order valence-electron chi connectivity index (χ2n) is 8.49. The molecule has 8 nitrogen and oxygen atoms in total. The molecule has 1 unspecified atom stereocenters. The number of aromatic nitrogens is 2. The molecule has 1 aliphatic rings. The van der Waals surface area contributed by atoms with Crippen molar-refractivity contribution in [2.45, 2.75) is 62.5 Å². The summed E-state index contributed by atoms with van der Waals surface area (Å²) in [6.45, 7) is 2.62. The molecule has 2 aromatic heterocycles. The Kier molecular flexibility index (Phi) is 8.17. The number of amides is 1. The summed E-state index contributed by atoms with van der Waals surface area (Å²) in [5.41, 5.74) is 1.72. The first-order valence-corrected chi connectivity index (χ1v) is 12.7. The summed E-state index contributed by atoms with van der Waals surface area (Å²) in [5, 5.41) is 3.38. The van der Waals surface area contributed by atoms with Gasteiger partial charge >= 0.3 is 0 Å². The molecular weight excluding hydrogens is 466 g/mol. The van der Waals surface area contributed by atoms with Crippen molar-refractivity contribution in [2.24, 2.45) is 0 Å². The number of fused-ring (bicyclic) bond motifs is 1. The maximum absolute atomic E-state index is 13.6. The summed E-state index contributed by atoms with van der Waals surface area (Å²) in [4.78, 5) is 31.1. The van der Waals surface area contributed by atoms with Gasteiger partial charge in [0.1, 0.15) is 5.76 Å². The van der Waals surface area contributed by atoms with E-state index >= 15 is 0 Å². The largest absolute Gasteiger partial charge is 0.493 e. The van der Waals surface area contributed by atoms with Gasteiger partial charge in [-0.2, -0.15) is 0 Å². The first kappa shape index (κ1) is 24.9. The number of carbonyl (C=O) groups excluding carboxylic acids is 1. The number of nitrogens with zero attached hydrogens (tertiary/aromatic N) is 2. The number of nitrogens with one attached hydrogen (secondary N) is 1. The highest BCUT2D eigenvalue weighted by Crippen LogP contribution is 2.32. The fraction of sp³-hybridized carbons (Fsp3) is 0.423. The highest BCUT2D eigenvalue weighted by molar-refractivity contribution is 8.00. The maximum atomic E-state index is 13.6. The van der Waals surface area contributed by atoms with E-state index in [4.69, 9.17) is 18.9 Å². The SMILES string of the molecule is COc1cc2nc(SC(C)C(=O)NCc3ccco3)n(CCC3=CCCCC3)c(=O)c2cc1OC. The average molecular weight is 498 g/mol. The van der Waals surface area contributed by atoms with Crippen molar-refractivity contribution in [3.05, 3.63) is 58.3 Å². The lowest BCUT2D eigenvalue weighted by Crippen LogP contribution is -2.31. The number of methoxy groups -OCH3 is 2. The molecule has 1 amide bonds. The van der Waals surface area contributed by atoms with Crippen LogP contribution in [0.2, 0.25) is 0 Å². The van der Waals surface area contributed by atoms with E-state index in [9.17, 15) is 9.59 Å². The van der Waals surface area contributed by atoms with Crippen LogP contribution in [0.25, 0.3) is 10.9 Å². The summed E-state index contributed by atoms with van der Waals surface area (Å²) < 4.78 is 17.8. The number of thioether (sulfide) groups is 1. The van der Waals surface area contributed by atoms with Gasteiger partial charge < -0.3 is 19.2 Å². The fourth-order valence-electron chi connectivity index (χ4n) is 4.14. The van der Waals surface area contributed by atoms with Gasteiger partial charge in [0.15, 0.2) is 16.7 Å². The van der Waals surface area contributed by atoms with Gasteiger partial charge in [-0.1, -0.05) is 23.4 Å². The Bertz CT molecular complexity index is 1270. The van der Waals surface area contributed by atoms with Gasteiger partial charge in [0.2, 0.25) is 5.91 Å². The van der Waals surface area contributed by atoms with Crippen molar-refractivity contribution in [2.75, 3.05) is 14.2 Å². The minimum absolute atomic E-state index is 0.155. The molecule has 1 aromatic carbocycles. The van der Waals surface area contributed by atoms with Gasteiger partial charge in [-0.15, -0.1) is 0 Å². The van der Waals surface area contributed by atoms with Gasteiger partial charge in [0.25, 0.3) is 5.56 Å². The zero-order valence-corrected chi connectivity index (χ0v) is 21.2. The molecule has 0 radical (unpaired) electrons. The Morgan fingerprint density at radius 2 is 2.06 bits per heavy atom. The number of furan rings is 1. The van der Waals surface area contributed by atoms with Crippen molar-refractivity contribution in [1.29, 1.82) is 0 Å². The normalized spacial score (nSPS) is 14.4. The molecule has 2 heterocycles. The summed E-state index contributed by atoms with van der Waals surface area (Å²) in [7, 11) is 3.09. The van der Waals surface area contributed by atoms with E-state index in [-0.39, 0.29) is 11.5 Å². The number of rotatable bonds is 10. The minimum Gasteiger partial charge on any atom is -0.493 e.